The Balaban J connectivity index is 2.18. The fourth-order valence-electron chi connectivity index (χ4n) is 1.58. The number of aliphatic hydroxyl groups is 1. The van der Waals surface area contributed by atoms with Crippen molar-refractivity contribution in [2.75, 3.05) is 0 Å². The fourth-order valence-corrected chi connectivity index (χ4v) is 1.58. The Labute approximate surface area is 82.8 Å². The van der Waals surface area contributed by atoms with Crippen molar-refractivity contribution in [1.29, 1.82) is 0 Å². The van der Waals surface area contributed by atoms with E-state index in [1.807, 2.05) is 18.2 Å². The molecular weight excluding hydrogens is 176 g/mol. The van der Waals surface area contributed by atoms with Crippen LogP contribution in [0.15, 0.2) is 48.3 Å². The van der Waals surface area contributed by atoms with Gasteiger partial charge in [0.05, 0.1) is 0 Å². The van der Waals surface area contributed by atoms with E-state index in [1.54, 1.807) is 24.3 Å². The molecule has 0 radical (unpaired) electrons. The highest BCUT2D eigenvalue weighted by Gasteiger charge is 2.10. The van der Waals surface area contributed by atoms with Crippen molar-refractivity contribution in [3.8, 4) is 5.75 Å². The van der Waals surface area contributed by atoms with Crippen LogP contribution in [0.4, 0.5) is 0 Å². The Morgan fingerprint density at radius 1 is 1.07 bits per heavy atom. The molecule has 1 aliphatic carbocycles. The molecule has 0 aliphatic heterocycles. The van der Waals surface area contributed by atoms with Crippen molar-refractivity contribution in [3.63, 3.8) is 0 Å². The first-order chi connectivity index (χ1) is 6.75. The molecule has 2 nitrogen and oxygen atoms in total. The van der Waals surface area contributed by atoms with Gasteiger partial charge in [0, 0.05) is 5.92 Å². The lowest BCUT2D eigenvalue weighted by Crippen LogP contribution is -1.97. The normalized spacial score (nSPS) is 20.6. The quantitative estimate of drug-likeness (QED) is 0.711. The van der Waals surface area contributed by atoms with Crippen LogP contribution in [0.2, 0.25) is 0 Å². The fraction of sp³-hybridized carbons (Fsp3) is 0.167. The summed E-state index contributed by atoms with van der Waals surface area (Å²) in [5.41, 5.74) is 1.16. The standard InChI is InChI=1S/C12H12O2/c13-11-5-1-9(2-6-11)10-3-7-12(14)8-4-10/h1-3,5-8,10,13-14H,4H2. The van der Waals surface area contributed by atoms with E-state index in [0.29, 0.717) is 11.7 Å². The zero-order chi connectivity index (χ0) is 9.97. The number of aromatic hydroxyl groups is 1. The molecule has 0 saturated carbocycles. The first kappa shape index (κ1) is 8.88. The average Bonchev–Trinajstić information content (AvgIpc) is 2.21. The lowest BCUT2D eigenvalue weighted by molar-refractivity contribution is 0.425. The summed E-state index contributed by atoms with van der Waals surface area (Å²) >= 11 is 0. The van der Waals surface area contributed by atoms with E-state index in [1.165, 1.54) is 0 Å². The van der Waals surface area contributed by atoms with E-state index in [0.717, 1.165) is 12.0 Å². The summed E-state index contributed by atoms with van der Waals surface area (Å²) < 4.78 is 0. The second-order valence-electron chi connectivity index (χ2n) is 3.42. The number of hydrogen-bond acceptors (Lipinski definition) is 2. The molecule has 1 aliphatic rings. The number of phenolic OH excluding ortho intramolecular Hbond substituents is 1. The molecule has 2 heteroatoms. The molecule has 1 aromatic carbocycles. The molecular formula is C12H12O2. The van der Waals surface area contributed by atoms with Crippen molar-refractivity contribution in [2.24, 2.45) is 0 Å². The van der Waals surface area contributed by atoms with Gasteiger partial charge in [-0.05, 0) is 36.3 Å². The van der Waals surface area contributed by atoms with Crippen LogP contribution in [0, 0.1) is 0 Å². The molecule has 1 atom stereocenters. The number of hydrogen-bond donors (Lipinski definition) is 2. The molecule has 0 fully saturated rings. The highest BCUT2D eigenvalue weighted by atomic mass is 16.3. The summed E-state index contributed by atoms with van der Waals surface area (Å²) in [6, 6.07) is 7.17. The molecule has 2 rings (SSSR count). The molecule has 72 valence electrons. The van der Waals surface area contributed by atoms with Gasteiger partial charge in [-0.15, -0.1) is 0 Å². The summed E-state index contributed by atoms with van der Waals surface area (Å²) in [5.74, 6) is 0.929. The van der Waals surface area contributed by atoms with Gasteiger partial charge in [0.25, 0.3) is 0 Å². The molecule has 0 aromatic heterocycles. The maximum Gasteiger partial charge on any atom is 0.115 e. The molecule has 0 heterocycles. The molecule has 2 N–H and O–H groups in total. The van der Waals surface area contributed by atoms with Gasteiger partial charge >= 0.3 is 0 Å². The third-order valence-electron chi connectivity index (χ3n) is 2.40. The van der Waals surface area contributed by atoms with Crippen molar-refractivity contribution < 1.29 is 10.2 Å². The van der Waals surface area contributed by atoms with Crippen molar-refractivity contribution >= 4 is 0 Å². The average molecular weight is 188 g/mol. The van der Waals surface area contributed by atoms with E-state index in [9.17, 15) is 0 Å². The van der Waals surface area contributed by atoms with Crippen LogP contribution in [0.3, 0.4) is 0 Å². The lowest BCUT2D eigenvalue weighted by Gasteiger charge is -2.14. The van der Waals surface area contributed by atoms with Gasteiger partial charge in [0.15, 0.2) is 0 Å². The Hall–Kier alpha value is -1.70. The minimum absolute atomic E-state index is 0.284. The van der Waals surface area contributed by atoms with Crippen molar-refractivity contribution in [3.05, 3.63) is 53.8 Å². The van der Waals surface area contributed by atoms with Crippen molar-refractivity contribution in [1.82, 2.24) is 0 Å². The van der Waals surface area contributed by atoms with E-state index in [4.69, 9.17) is 10.2 Å². The zero-order valence-electron chi connectivity index (χ0n) is 7.72. The molecule has 1 aromatic rings. The Morgan fingerprint density at radius 3 is 2.36 bits per heavy atom. The minimum Gasteiger partial charge on any atom is -0.508 e. The third kappa shape index (κ3) is 1.79. The van der Waals surface area contributed by atoms with E-state index in [2.05, 4.69) is 0 Å². The predicted molar refractivity (Wildman–Crippen MR) is 55.3 cm³/mol. The van der Waals surface area contributed by atoms with Crippen LogP contribution in [0.25, 0.3) is 0 Å². The maximum absolute atomic E-state index is 9.15. The first-order valence-corrected chi connectivity index (χ1v) is 4.62. The highest BCUT2D eigenvalue weighted by Crippen LogP contribution is 2.26. The number of benzene rings is 1. The van der Waals surface area contributed by atoms with Gasteiger partial charge in [-0.1, -0.05) is 18.2 Å². The van der Waals surface area contributed by atoms with E-state index >= 15 is 0 Å². The number of allylic oxidation sites excluding steroid dienone is 3. The van der Waals surface area contributed by atoms with Crippen LogP contribution in [-0.2, 0) is 0 Å². The van der Waals surface area contributed by atoms with Crippen LogP contribution in [-0.4, -0.2) is 10.2 Å². The topological polar surface area (TPSA) is 40.5 Å². The smallest absolute Gasteiger partial charge is 0.115 e. The van der Waals surface area contributed by atoms with Gasteiger partial charge in [-0.3, -0.25) is 0 Å². The summed E-state index contributed by atoms with van der Waals surface area (Å²) in [7, 11) is 0. The maximum atomic E-state index is 9.15. The third-order valence-corrected chi connectivity index (χ3v) is 2.40. The SMILES string of the molecule is OC1=CCC(c2ccc(O)cc2)C=C1. The second-order valence-corrected chi connectivity index (χ2v) is 3.42. The van der Waals surface area contributed by atoms with E-state index < -0.39 is 0 Å². The minimum atomic E-state index is 0.284. The molecule has 0 bridgehead atoms. The first-order valence-electron chi connectivity index (χ1n) is 4.62. The second kappa shape index (κ2) is 3.58. The van der Waals surface area contributed by atoms with Gasteiger partial charge in [0.2, 0.25) is 0 Å². The summed E-state index contributed by atoms with van der Waals surface area (Å²) in [4.78, 5) is 0. The molecule has 0 amide bonds. The van der Waals surface area contributed by atoms with Gasteiger partial charge in [-0.2, -0.15) is 0 Å². The van der Waals surface area contributed by atoms with Crippen molar-refractivity contribution in [2.45, 2.75) is 12.3 Å². The van der Waals surface area contributed by atoms with Gasteiger partial charge < -0.3 is 10.2 Å². The van der Waals surface area contributed by atoms with Crippen LogP contribution >= 0.6 is 0 Å². The summed E-state index contributed by atoms with van der Waals surface area (Å²) in [6.07, 6.45) is 6.30. The summed E-state index contributed by atoms with van der Waals surface area (Å²) in [5, 5.41) is 18.3. The van der Waals surface area contributed by atoms with Gasteiger partial charge in [-0.25, -0.2) is 0 Å². The predicted octanol–water partition coefficient (Wildman–Crippen LogP) is 2.88. The highest BCUT2D eigenvalue weighted by molar-refractivity contribution is 5.33. The Morgan fingerprint density at radius 2 is 1.79 bits per heavy atom. The largest absolute Gasteiger partial charge is 0.508 e. The Kier molecular flexibility index (Phi) is 2.27. The molecule has 14 heavy (non-hydrogen) atoms. The van der Waals surface area contributed by atoms with Crippen LogP contribution in [0.1, 0.15) is 17.9 Å². The lowest BCUT2D eigenvalue weighted by atomic mass is 9.92. The Bertz CT molecular complexity index is 374. The number of rotatable bonds is 1. The molecule has 0 spiro atoms. The monoisotopic (exact) mass is 188 g/mol. The number of aliphatic hydroxyl groups excluding tert-OH is 1. The summed E-state index contributed by atoms with van der Waals surface area (Å²) in [6.45, 7) is 0. The van der Waals surface area contributed by atoms with E-state index in [-0.39, 0.29) is 5.75 Å². The van der Waals surface area contributed by atoms with Gasteiger partial charge in [0.1, 0.15) is 11.5 Å². The molecule has 0 saturated heterocycles. The number of phenols is 1. The molecule has 1 unspecified atom stereocenters. The zero-order valence-corrected chi connectivity index (χ0v) is 7.72. The van der Waals surface area contributed by atoms with Crippen LogP contribution in [0.5, 0.6) is 5.75 Å². The van der Waals surface area contributed by atoms with Crippen LogP contribution < -0.4 is 0 Å².